The quantitative estimate of drug-likeness (QED) is 0.723. The smallest absolute Gasteiger partial charge is 0.306 e. The average molecular weight is 290 g/mol. The van der Waals surface area contributed by atoms with Gasteiger partial charge in [0, 0.05) is 19.6 Å². The molecule has 7 heteroatoms. The molecule has 3 unspecified atom stereocenters. The Morgan fingerprint density at radius 3 is 2.63 bits per heavy atom. The van der Waals surface area contributed by atoms with E-state index in [1.807, 2.05) is 0 Å². The molecule has 0 amide bonds. The summed E-state index contributed by atoms with van der Waals surface area (Å²) in [5, 5.41) is 0. The molecule has 0 saturated heterocycles. The van der Waals surface area contributed by atoms with Crippen molar-refractivity contribution in [2.24, 2.45) is 11.8 Å². The highest BCUT2D eigenvalue weighted by atomic mass is 32.2. The lowest BCUT2D eigenvalue weighted by atomic mass is 9.96. The normalized spacial score (nSPS) is 29.9. The fourth-order valence-electron chi connectivity index (χ4n) is 3.14. The van der Waals surface area contributed by atoms with Gasteiger partial charge < -0.3 is 4.74 Å². The van der Waals surface area contributed by atoms with Crippen molar-refractivity contribution < 1.29 is 17.9 Å². The third-order valence-corrected chi connectivity index (χ3v) is 5.91. The van der Waals surface area contributed by atoms with E-state index in [1.165, 1.54) is 24.9 Å². The van der Waals surface area contributed by atoms with Crippen LogP contribution in [0.5, 0.6) is 0 Å². The van der Waals surface area contributed by atoms with Gasteiger partial charge in [0.2, 0.25) is 0 Å². The summed E-state index contributed by atoms with van der Waals surface area (Å²) in [7, 11) is -0.714. The largest absolute Gasteiger partial charge is 0.469 e. The Bertz CT molecular complexity index is 437. The predicted octanol–water partition coefficient (Wildman–Crippen LogP) is 0.504. The standard InChI is InChI=1S/C12H22N2O4S/c1-14(6-5-12(15)18-2)19(16,17)13-11-8-9-3-4-10(11)7-9/h9-11,13H,3-8H2,1-2H3. The second kappa shape index (κ2) is 5.76. The van der Waals surface area contributed by atoms with Crippen LogP contribution in [0.3, 0.4) is 0 Å². The van der Waals surface area contributed by atoms with E-state index in [9.17, 15) is 13.2 Å². The van der Waals surface area contributed by atoms with Crippen molar-refractivity contribution in [1.29, 1.82) is 0 Å². The molecule has 0 aromatic carbocycles. The number of hydrogen-bond acceptors (Lipinski definition) is 4. The molecule has 6 nitrogen and oxygen atoms in total. The number of carbonyl (C=O) groups excluding carboxylic acids is 1. The number of ether oxygens (including phenoxy) is 1. The zero-order valence-electron chi connectivity index (χ0n) is 11.5. The van der Waals surface area contributed by atoms with Gasteiger partial charge in [-0.25, -0.2) is 0 Å². The lowest BCUT2D eigenvalue weighted by Crippen LogP contribution is -2.46. The molecular formula is C12H22N2O4S. The maximum Gasteiger partial charge on any atom is 0.306 e. The number of rotatable bonds is 6. The van der Waals surface area contributed by atoms with Gasteiger partial charge in [0.05, 0.1) is 13.5 Å². The van der Waals surface area contributed by atoms with Gasteiger partial charge >= 0.3 is 5.97 Å². The number of esters is 1. The number of nitrogens with one attached hydrogen (secondary N) is 1. The molecule has 0 spiro atoms. The monoisotopic (exact) mass is 290 g/mol. The number of carbonyl (C=O) groups is 1. The van der Waals surface area contributed by atoms with Gasteiger partial charge in [-0.1, -0.05) is 6.42 Å². The van der Waals surface area contributed by atoms with Gasteiger partial charge in [0.15, 0.2) is 0 Å². The van der Waals surface area contributed by atoms with Crippen LogP contribution in [0.25, 0.3) is 0 Å². The van der Waals surface area contributed by atoms with Crippen LogP contribution in [-0.4, -0.2) is 45.4 Å². The average Bonchev–Trinajstić information content (AvgIpc) is 2.96. The highest BCUT2D eigenvalue weighted by Gasteiger charge is 2.41. The van der Waals surface area contributed by atoms with Crippen LogP contribution in [0.15, 0.2) is 0 Å². The van der Waals surface area contributed by atoms with Crippen molar-refractivity contribution in [2.45, 2.75) is 38.1 Å². The zero-order chi connectivity index (χ0) is 14.0. The van der Waals surface area contributed by atoms with Gasteiger partial charge in [-0.15, -0.1) is 0 Å². The molecule has 2 fully saturated rings. The Hall–Kier alpha value is -0.660. The second-order valence-corrected chi connectivity index (χ2v) is 7.36. The van der Waals surface area contributed by atoms with Gasteiger partial charge in [0.1, 0.15) is 0 Å². The van der Waals surface area contributed by atoms with Crippen LogP contribution < -0.4 is 4.72 Å². The van der Waals surface area contributed by atoms with Crippen LogP contribution in [0.2, 0.25) is 0 Å². The molecule has 0 aromatic rings. The predicted molar refractivity (Wildman–Crippen MR) is 70.6 cm³/mol. The van der Waals surface area contributed by atoms with Gasteiger partial charge in [-0.2, -0.15) is 17.4 Å². The first-order chi connectivity index (χ1) is 8.92. The summed E-state index contributed by atoms with van der Waals surface area (Å²) in [6.07, 6.45) is 4.54. The Kier molecular flexibility index (Phi) is 4.47. The third kappa shape index (κ3) is 3.46. The fourth-order valence-corrected chi connectivity index (χ4v) is 4.32. The van der Waals surface area contributed by atoms with Gasteiger partial charge in [-0.3, -0.25) is 4.79 Å². The van der Waals surface area contributed by atoms with Crippen LogP contribution in [-0.2, 0) is 19.7 Å². The highest BCUT2D eigenvalue weighted by Crippen LogP contribution is 2.44. The maximum absolute atomic E-state index is 12.1. The molecule has 0 radical (unpaired) electrons. The minimum atomic E-state index is -3.49. The van der Waals surface area contributed by atoms with E-state index in [4.69, 9.17) is 0 Å². The summed E-state index contributed by atoms with van der Waals surface area (Å²) in [5.74, 6) is 0.786. The molecule has 19 heavy (non-hydrogen) atoms. The van der Waals surface area contributed by atoms with Crippen molar-refractivity contribution in [3.63, 3.8) is 0 Å². The van der Waals surface area contributed by atoms with E-state index in [0.29, 0.717) is 11.8 Å². The topological polar surface area (TPSA) is 75.7 Å². The molecule has 3 atom stereocenters. The van der Waals surface area contributed by atoms with Crippen LogP contribution in [0.1, 0.15) is 32.1 Å². The first-order valence-electron chi connectivity index (χ1n) is 6.73. The van der Waals surface area contributed by atoms with Crippen LogP contribution >= 0.6 is 0 Å². The van der Waals surface area contributed by atoms with E-state index < -0.39 is 16.2 Å². The Balaban J connectivity index is 1.85. The van der Waals surface area contributed by atoms with Crippen molar-refractivity contribution in [2.75, 3.05) is 20.7 Å². The van der Waals surface area contributed by atoms with Crippen molar-refractivity contribution in [1.82, 2.24) is 9.03 Å². The first-order valence-corrected chi connectivity index (χ1v) is 8.17. The van der Waals surface area contributed by atoms with Gasteiger partial charge in [0.25, 0.3) is 10.2 Å². The van der Waals surface area contributed by atoms with Crippen LogP contribution in [0.4, 0.5) is 0 Å². The molecule has 2 rings (SSSR count). The van der Waals surface area contributed by atoms with E-state index >= 15 is 0 Å². The minimum absolute atomic E-state index is 0.0735. The van der Waals surface area contributed by atoms with Crippen molar-refractivity contribution >= 4 is 16.2 Å². The van der Waals surface area contributed by atoms with Crippen molar-refractivity contribution in [3.8, 4) is 0 Å². The molecule has 1 N–H and O–H groups in total. The number of hydrogen-bond donors (Lipinski definition) is 1. The molecule has 2 aliphatic rings. The SMILES string of the molecule is COC(=O)CCN(C)S(=O)(=O)NC1CC2CCC1C2. The molecule has 0 aliphatic heterocycles. The number of fused-ring (bicyclic) bond motifs is 2. The van der Waals surface area contributed by atoms with E-state index in [2.05, 4.69) is 9.46 Å². The van der Waals surface area contributed by atoms with Crippen LogP contribution in [0, 0.1) is 11.8 Å². The first kappa shape index (κ1) is 14.7. The molecule has 0 aromatic heterocycles. The molecule has 2 aliphatic carbocycles. The van der Waals surface area contributed by atoms with E-state index in [-0.39, 0.29) is 19.0 Å². The molecular weight excluding hydrogens is 268 g/mol. The third-order valence-electron chi connectivity index (χ3n) is 4.31. The Morgan fingerprint density at radius 1 is 1.37 bits per heavy atom. The lowest BCUT2D eigenvalue weighted by molar-refractivity contribution is -0.140. The maximum atomic E-state index is 12.1. The van der Waals surface area contributed by atoms with E-state index in [0.717, 1.165) is 19.3 Å². The Morgan fingerprint density at radius 2 is 2.11 bits per heavy atom. The summed E-state index contributed by atoms with van der Waals surface area (Å²) in [5.41, 5.74) is 0. The lowest BCUT2D eigenvalue weighted by Gasteiger charge is -2.25. The Labute approximate surface area is 114 Å². The molecule has 2 bridgehead atoms. The number of nitrogens with zero attached hydrogens (tertiary/aromatic N) is 1. The molecule has 2 saturated carbocycles. The summed E-state index contributed by atoms with van der Waals surface area (Å²) in [4.78, 5) is 11.0. The zero-order valence-corrected chi connectivity index (χ0v) is 12.3. The minimum Gasteiger partial charge on any atom is -0.469 e. The number of methoxy groups -OCH3 is 1. The molecule has 0 heterocycles. The summed E-state index contributed by atoms with van der Waals surface area (Å²) < 4.78 is 32.7. The molecule has 110 valence electrons. The summed E-state index contributed by atoms with van der Waals surface area (Å²) in [6.45, 7) is 0.142. The summed E-state index contributed by atoms with van der Waals surface area (Å²) >= 11 is 0. The highest BCUT2D eigenvalue weighted by molar-refractivity contribution is 7.87. The fraction of sp³-hybridized carbons (Fsp3) is 0.917. The summed E-state index contributed by atoms with van der Waals surface area (Å²) in [6, 6.07) is 0.0735. The van der Waals surface area contributed by atoms with Crippen molar-refractivity contribution in [3.05, 3.63) is 0 Å². The van der Waals surface area contributed by atoms with Gasteiger partial charge in [-0.05, 0) is 31.1 Å². The second-order valence-electron chi connectivity index (χ2n) is 5.55. The van der Waals surface area contributed by atoms with E-state index in [1.54, 1.807) is 0 Å².